The highest BCUT2D eigenvalue weighted by Gasteiger charge is 2.17. The minimum Gasteiger partial charge on any atom is -0.379 e. The molecule has 0 aliphatic carbocycles. The van der Waals surface area contributed by atoms with E-state index in [0.717, 1.165) is 12.1 Å². The highest BCUT2D eigenvalue weighted by atomic mass is 32.2. The lowest BCUT2D eigenvalue weighted by atomic mass is 10.3. The number of nitrogens with zero attached hydrogens (tertiary/aromatic N) is 2. The summed E-state index contributed by atoms with van der Waals surface area (Å²) in [6.07, 6.45) is 0. The first-order valence-corrected chi connectivity index (χ1v) is 10.3. The van der Waals surface area contributed by atoms with Gasteiger partial charge in [-0.25, -0.2) is 8.42 Å². The van der Waals surface area contributed by atoms with E-state index >= 15 is 0 Å². The monoisotopic (exact) mass is 420 g/mol. The van der Waals surface area contributed by atoms with Crippen LogP contribution in [-0.4, -0.2) is 57.0 Å². The number of nitro benzene ring substituents is 1. The number of carbonyl (C=O) groups excluding carboxylic acids is 1. The molecule has 0 unspecified atom stereocenters. The number of rotatable bonds is 7. The number of nitro groups is 1. The summed E-state index contributed by atoms with van der Waals surface area (Å²) in [5, 5.41) is 13.4. The number of anilines is 2. The van der Waals surface area contributed by atoms with E-state index in [1.54, 1.807) is 12.1 Å². The molecule has 0 aromatic heterocycles. The predicted molar refractivity (Wildman–Crippen MR) is 106 cm³/mol. The maximum absolute atomic E-state index is 12.4. The van der Waals surface area contributed by atoms with Crippen molar-refractivity contribution in [1.29, 1.82) is 0 Å². The van der Waals surface area contributed by atoms with Crippen LogP contribution in [0.15, 0.2) is 53.4 Å². The fraction of sp³-hybridized carbons (Fsp3) is 0.278. The van der Waals surface area contributed by atoms with Crippen LogP contribution >= 0.6 is 0 Å². The molecule has 1 aliphatic heterocycles. The van der Waals surface area contributed by atoms with Crippen molar-refractivity contribution in [3.63, 3.8) is 0 Å². The maximum Gasteiger partial charge on any atom is 0.269 e. The number of morpholine rings is 1. The summed E-state index contributed by atoms with van der Waals surface area (Å²) in [6.45, 7) is 2.89. The van der Waals surface area contributed by atoms with Gasteiger partial charge in [0.25, 0.3) is 15.7 Å². The van der Waals surface area contributed by atoms with Gasteiger partial charge in [-0.3, -0.25) is 24.5 Å². The van der Waals surface area contributed by atoms with Crippen LogP contribution in [0.2, 0.25) is 0 Å². The molecule has 0 saturated carbocycles. The Balaban J connectivity index is 1.59. The minimum absolute atomic E-state index is 0.0917. The molecule has 154 valence electrons. The predicted octanol–water partition coefficient (Wildman–Crippen LogP) is 1.67. The van der Waals surface area contributed by atoms with Gasteiger partial charge in [0.15, 0.2) is 0 Å². The number of nitrogens with one attached hydrogen (secondary N) is 2. The fourth-order valence-electron chi connectivity index (χ4n) is 2.75. The van der Waals surface area contributed by atoms with E-state index in [-0.39, 0.29) is 23.0 Å². The Morgan fingerprint density at radius 1 is 1.03 bits per heavy atom. The third kappa shape index (κ3) is 5.73. The first-order valence-electron chi connectivity index (χ1n) is 8.81. The average molecular weight is 420 g/mol. The number of hydrogen-bond acceptors (Lipinski definition) is 7. The van der Waals surface area contributed by atoms with Crippen molar-refractivity contribution in [3.05, 3.63) is 58.6 Å². The van der Waals surface area contributed by atoms with E-state index in [4.69, 9.17) is 4.74 Å². The second kappa shape index (κ2) is 8.99. The second-order valence-corrected chi connectivity index (χ2v) is 8.05. The molecule has 2 N–H and O–H groups in total. The van der Waals surface area contributed by atoms with E-state index in [9.17, 15) is 23.3 Å². The first-order chi connectivity index (χ1) is 13.8. The van der Waals surface area contributed by atoms with Gasteiger partial charge in [0.2, 0.25) is 5.91 Å². The van der Waals surface area contributed by atoms with Gasteiger partial charge in [-0.2, -0.15) is 0 Å². The van der Waals surface area contributed by atoms with Crippen LogP contribution in [0.1, 0.15) is 0 Å². The molecular formula is C18H20N4O6S. The molecule has 10 nitrogen and oxygen atoms in total. The summed E-state index contributed by atoms with van der Waals surface area (Å²) in [7, 11) is -3.89. The molecule has 1 aliphatic rings. The molecule has 1 amide bonds. The van der Waals surface area contributed by atoms with Crippen LogP contribution in [0.4, 0.5) is 17.1 Å². The van der Waals surface area contributed by atoms with Crippen molar-refractivity contribution >= 4 is 33.0 Å². The van der Waals surface area contributed by atoms with Gasteiger partial charge < -0.3 is 10.1 Å². The molecule has 2 aromatic rings. The van der Waals surface area contributed by atoms with Gasteiger partial charge >= 0.3 is 0 Å². The van der Waals surface area contributed by atoms with Gasteiger partial charge in [0.1, 0.15) is 0 Å². The lowest BCUT2D eigenvalue weighted by molar-refractivity contribution is -0.384. The molecule has 2 aromatic carbocycles. The number of hydrogen-bond donors (Lipinski definition) is 2. The zero-order chi connectivity index (χ0) is 20.9. The molecule has 3 rings (SSSR count). The SMILES string of the molecule is O=C(CN1CCOCC1)Nc1ccc(NS(=O)(=O)c2ccc([N+](=O)[O-])cc2)cc1. The molecule has 0 bridgehead atoms. The van der Waals surface area contributed by atoms with Gasteiger partial charge in [-0.15, -0.1) is 0 Å². The topological polar surface area (TPSA) is 131 Å². The lowest BCUT2D eigenvalue weighted by Crippen LogP contribution is -2.41. The maximum atomic E-state index is 12.4. The summed E-state index contributed by atoms with van der Waals surface area (Å²) in [6, 6.07) is 10.8. The summed E-state index contributed by atoms with van der Waals surface area (Å²) in [4.78, 5) is 24.1. The summed E-state index contributed by atoms with van der Waals surface area (Å²) >= 11 is 0. The third-order valence-electron chi connectivity index (χ3n) is 4.25. The Morgan fingerprint density at radius 2 is 1.62 bits per heavy atom. The Hall–Kier alpha value is -3.02. The summed E-state index contributed by atoms with van der Waals surface area (Å²) in [5.41, 5.74) is 0.650. The molecule has 1 saturated heterocycles. The van der Waals surface area contributed by atoms with E-state index in [2.05, 4.69) is 10.0 Å². The van der Waals surface area contributed by atoms with E-state index < -0.39 is 14.9 Å². The number of benzene rings is 2. The van der Waals surface area contributed by atoms with Gasteiger partial charge in [0.05, 0.1) is 29.6 Å². The summed E-state index contributed by atoms with van der Waals surface area (Å²) in [5.74, 6) is -0.161. The Morgan fingerprint density at radius 3 is 2.21 bits per heavy atom. The van der Waals surface area contributed by atoms with Crippen molar-refractivity contribution in [2.24, 2.45) is 0 Å². The molecule has 0 radical (unpaired) electrons. The second-order valence-electron chi connectivity index (χ2n) is 6.37. The molecule has 1 fully saturated rings. The zero-order valence-corrected chi connectivity index (χ0v) is 16.2. The normalized spacial score (nSPS) is 14.9. The number of amides is 1. The molecule has 1 heterocycles. The molecule has 0 spiro atoms. The van der Waals surface area contributed by atoms with E-state index in [1.165, 1.54) is 24.3 Å². The van der Waals surface area contributed by atoms with Crippen LogP contribution in [0.25, 0.3) is 0 Å². The molecule has 11 heteroatoms. The highest BCUT2D eigenvalue weighted by Crippen LogP contribution is 2.20. The van der Waals surface area contributed by atoms with Crippen molar-refractivity contribution in [2.75, 3.05) is 42.9 Å². The minimum atomic E-state index is -3.89. The van der Waals surface area contributed by atoms with Gasteiger partial charge in [-0.1, -0.05) is 0 Å². The fourth-order valence-corrected chi connectivity index (χ4v) is 3.80. The smallest absolute Gasteiger partial charge is 0.269 e. The molecule has 29 heavy (non-hydrogen) atoms. The average Bonchev–Trinajstić information content (AvgIpc) is 2.70. The van der Waals surface area contributed by atoms with Crippen LogP contribution in [0.3, 0.4) is 0 Å². The molecule has 0 atom stereocenters. The van der Waals surface area contributed by atoms with Gasteiger partial charge in [0, 0.05) is 36.6 Å². The largest absolute Gasteiger partial charge is 0.379 e. The van der Waals surface area contributed by atoms with Gasteiger partial charge in [-0.05, 0) is 36.4 Å². The van der Waals surface area contributed by atoms with Crippen molar-refractivity contribution in [3.8, 4) is 0 Å². The lowest BCUT2D eigenvalue weighted by Gasteiger charge is -2.25. The summed E-state index contributed by atoms with van der Waals surface area (Å²) < 4.78 is 32.4. The van der Waals surface area contributed by atoms with Crippen molar-refractivity contribution < 1.29 is 22.9 Å². The van der Waals surface area contributed by atoms with Crippen molar-refractivity contribution in [1.82, 2.24) is 4.90 Å². The number of carbonyl (C=O) groups is 1. The highest BCUT2D eigenvalue weighted by molar-refractivity contribution is 7.92. The van der Waals surface area contributed by atoms with Crippen LogP contribution in [0, 0.1) is 10.1 Å². The Bertz CT molecular complexity index is 970. The van der Waals surface area contributed by atoms with Crippen LogP contribution < -0.4 is 10.0 Å². The van der Waals surface area contributed by atoms with Crippen LogP contribution in [0.5, 0.6) is 0 Å². The zero-order valence-electron chi connectivity index (χ0n) is 15.4. The quantitative estimate of drug-likeness (QED) is 0.514. The Labute approximate surface area is 167 Å². The third-order valence-corrected chi connectivity index (χ3v) is 5.65. The van der Waals surface area contributed by atoms with Crippen LogP contribution in [-0.2, 0) is 19.6 Å². The standard InChI is InChI=1S/C18H20N4O6S/c23-18(13-21-9-11-28-12-10-21)19-14-1-3-15(4-2-14)20-29(26,27)17-7-5-16(6-8-17)22(24)25/h1-8,20H,9-13H2,(H,19,23). The van der Waals surface area contributed by atoms with E-state index in [0.29, 0.717) is 37.7 Å². The van der Waals surface area contributed by atoms with Crippen molar-refractivity contribution in [2.45, 2.75) is 4.90 Å². The first kappa shape index (κ1) is 20.7. The number of sulfonamides is 1. The van der Waals surface area contributed by atoms with E-state index in [1.807, 2.05) is 4.90 Å². The Kier molecular flexibility index (Phi) is 6.42. The number of non-ortho nitro benzene ring substituents is 1. The number of ether oxygens (including phenoxy) is 1. The molecular weight excluding hydrogens is 400 g/mol.